The fourth-order valence-electron chi connectivity index (χ4n) is 2.58. The number of fused-ring (bicyclic) bond motifs is 1. The number of carbonyl (C=O) groups excluding carboxylic acids is 1. The van der Waals surface area contributed by atoms with Crippen molar-refractivity contribution in [3.05, 3.63) is 54.2 Å². The van der Waals surface area contributed by atoms with Gasteiger partial charge in [0, 0.05) is 17.6 Å². The molecule has 0 saturated heterocycles. The van der Waals surface area contributed by atoms with Crippen molar-refractivity contribution in [3.8, 4) is 11.8 Å². The van der Waals surface area contributed by atoms with E-state index in [9.17, 15) is 13.2 Å². The minimum atomic E-state index is -3.98. The van der Waals surface area contributed by atoms with E-state index in [0.717, 1.165) is 11.6 Å². The standard InChI is InChI=1S/C18H17N3O5S/c1-25-16-9-8-15(17(20-16)26-2)21(27(3,23)24)18(22)13-10-12-6-4-5-7-14(12)19-11-13/h4-11H,1-3H3. The highest BCUT2D eigenvalue weighted by Crippen LogP contribution is 2.31. The van der Waals surface area contributed by atoms with E-state index >= 15 is 0 Å². The summed E-state index contributed by atoms with van der Waals surface area (Å²) < 4.78 is 35.6. The molecule has 0 atom stereocenters. The quantitative estimate of drug-likeness (QED) is 0.662. The van der Waals surface area contributed by atoms with Gasteiger partial charge in [-0.05, 0) is 18.2 Å². The summed E-state index contributed by atoms with van der Waals surface area (Å²) in [6, 6.07) is 11.7. The first-order valence-corrected chi connectivity index (χ1v) is 9.68. The maximum Gasteiger partial charge on any atom is 0.273 e. The Kier molecular flexibility index (Phi) is 4.95. The minimum absolute atomic E-state index is 0.0149. The second-order valence-corrected chi connectivity index (χ2v) is 7.46. The Hall–Kier alpha value is -3.20. The largest absolute Gasteiger partial charge is 0.481 e. The van der Waals surface area contributed by atoms with E-state index in [4.69, 9.17) is 9.47 Å². The molecule has 0 aliphatic heterocycles. The van der Waals surface area contributed by atoms with Crippen LogP contribution in [0, 0.1) is 0 Å². The fourth-order valence-corrected chi connectivity index (χ4v) is 3.48. The highest BCUT2D eigenvalue weighted by molar-refractivity contribution is 7.92. The average molecular weight is 387 g/mol. The number of ether oxygens (including phenoxy) is 2. The first-order chi connectivity index (χ1) is 12.8. The maximum absolute atomic E-state index is 13.1. The van der Waals surface area contributed by atoms with E-state index in [0.29, 0.717) is 9.82 Å². The number of sulfonamides is 1. The van der Waals surface area contributed by atoms with Crippen molar-refractivity contribution < 1.29 is 22.7 Å². The zero-order chi connectivity index (χ0) is 19.6. The van der Waals surface area contributed by atoms with Crippen molar-refractivity contribution in [2.75, 3.05) is 24.8 Å². The Bertz CT molecular complexity index is 1110. The van der Waals surface area contributed by atoms with Crippen LogP contribution in [-0.4, -0.2) is 44.8 Å². The molecule has 0 aliphatic carbocycles. The van der Waals surface area contributed by atoms with Crippen molar-refractivity contribution in [3.63, 3.8) is 0 Å². The van der Waals surface area contributed by atoms with Gasteiger partial charge in [0.2, 0.25) is 21.8 Å². The van der Waals surface area contributed by atoms with Crippen LogP contribution in [0.1, 0.15) is 10.4 Å². The number of hydrogen-bond acceptors (Lipinski definition) is 7. The van der Waals surface area contributed by atoms with Gasteiger partial charge in [0.25, 0.3) is 5.91 Å². The predicted molar refractivity (Wildman–Crippen MR) is 101 cm³/mol. The number of para-hydroxylation sites is 1. The molecule has 0 aliphatic rings. The number of nitrogens with zero attached hydrogens (tertiary/aromatic N) is 3. The van der Waals surface area contributed by atoms with Crippen LogP contribution in [0.5, 0.6) is 11.8 Å². The summed E-state index contributed by atoms with van der Waals surface area (Å²) in [5.74, 6) is -0.591. The van der Waals surface area contributed by atoms with Crippen LogP contribution in [0.4, 0.5) is 5.69 Å². The minimum Gasteiger partial charge on any atom is -0.481 e. The summed E-state index contributed by atoms with van der Waals surface area (Å²) in [7, 11) is -1.23. The smallest absolute Gasteiger partial charge is 0.273 e. The Morgan fingerprint density at radius 3 is 2.48 bits per heavy atom. The molecular formula is C18H17N3O5S. The Labute approximate surface area is 156 Å². The molecule has 1 aromatic carbocycles. The molecule has 0 spiro atoms. The van der Waals surface area contributed by atoms with Crippen molar-refractivity contribution in [2.45, 2.75) is 0 Å². The lowest BCUT2D eigenvalue weighted by Gasteiger charge is -2.22. The summed E-state index contributed by atoms with van der Waals surface area (Å²) >= 11 is 0. The first-order valence-electron chi connectivity index (χ1n) is 7.83. The highest BCUT2D eigenvalue weighted by atomic mass is 32.2. The average Bonchev–Trinajstić information content (AvgIpc) is 2.66. The second-order valence-electron chi connectivity index (χ2n) is 5.63. The van der Waals surface area contributed by atoms with Crippen LogP contribution in [0.3, 0.4) is 0 Å². The van der Waals surface area contributed by atoms with E-state index < -0.39 is 15.9 Å². The molecule has 2 aromatic heterocycles. The van der Waals surface area contributed by atoms with Crippen LogP contribution in [0.2, 0.25) is 0 Å². The van der Waals surface area contributed by atoms with Gasteiger partial charge < -0.3 is 9.47 Å². The number of methoxy groups -OCH3 is 2. The van der Waals surface area contributed by atoms with E-state index in [-0.39, 0.29) is 23.0 Å². The van der Waals surface area contributed by atoms with E-state index in [1.54, 1.807) is 18.2 Å². The Morgan fingerprint density at radius 2 is 1.81 bits per heavy atom. The van der Waals surface area contributed by atoms with Gasteiger partial charge in [0.1, 0.15) is 5.69 Å². The van der Waals surface area contributed by atoms with Gasteiger partial charge >= 0.3 is 0 Å². The SMILES string of the molecule is COc1ccc(N(C(=O)c2cnc3ccccc3c2)S(C)(=O)=O)c(OC)n1. The zero-order valence-electron chi connectivity index (χ0n) is 14.9. The van der Waals surface area contributed by atoms with Crippen molar-refractivity contribution in [2.24, 2.45) is 0 Å². The number of pyridine rings is 2. The van der Waals surface area contributed by atoms with E-state index in [1.165, 1.54) is 32.5 Å². The lowest BCUT2D eigenvalue weighted by Crippen LogP contribution is -2.36. The molecule has 0 bridgehead atoms. The van der Waals surface area contributed by atoms with Crippen molar-refractivity contribution in [1.29, 1.82) is 0 Å². The lowest BCUT2D eigenvalue weighted by molar-refractivity contribution is 0.100. The molecule has 1 amide bonds. The summed E-state index contributed by atoms with van der Waals surface area (Å²) in [5, 5.41) is 0.719. The third kappa shape index (κ3) is 3.68. The van der Waals surface area contributed by atoms with Gasteiger partial charge in [-0.3, -0.25) is 9.78 Å². The van der Waals surface area contributed by atoms with Gasteiger partial charge in [-0.1, -0.05) is 18.2 Å². The lowest BCUT2D eigenvalue weighted by atomic mass is 10.1. The van der Waals surface area contributed by atoms with Gasteiger partial charge in [-0.25, -0.2) is 8.42 Å². The third-order valence-corrected chi connectivity index (χ3v) is 4.82. The van der Waals surface area contributed by atoms with Crippen LogP contribution < -0.4 is 13.8 Å². The number of carbonyl (C=O) groups is 1. The number of amides is 1. The monoisotopic (exact) mass is 387 g/mol. The van der Waals surface area contributed by atoms with Crippen molar-refractivity contribution >= 4 is 32.5 Å². The van der Waals surface area contributed by atoms with Crippen molar-refractivity contribution in [1.82, 2.24) is 9.97 Å². The number of anilines is 1. The first kappa shape index (κ1) is 18.6. The summed E-state index contributed by atoms with van der Waals surface area (Å²) in [4.78, 5) is 21.3. The summed E-state index contributed by atoms with van der Waals surface area (Å²) in [5.41, 5.74) is 0.805. The molecule has 3 rings (SSSR count). The van der Waals surface area contributed by atoms with E-state index in [2.05, 4.69) is 9.97 Å². The molecule has 140 valence electrons. The third-order valence-electron chi connectivity index (χ3n) is 3.79. The van der Waals surface area contributed by atoms with Gasteiger partial charge in [-0.15, -0.1) is 0 Å². The maximum atomic E-state index is 13.1. The molecule has 0 unspecified atom stereocenters. The number of aromatic nitrogens is 2. The molecule has 0 fully saturated rings. The highest BCUT2D eigenvalue weighted by Gasteiger charge is 2.30. The van der Waals surface area contributed by atoms with Crippen LogP contribution in [0.15, 0.2) is 48.7 Å². The van der Waals surface area contributed by atoms with Crippen LogP contribution >= 0.6 is 0 Å². The normalized spacial score (nSPS) is 11.2. The Balaban J connectivity index is 2.14. The summed E-state index contributed by atoms with van der Waals surface area (Å²) in [6.45, 7) is 0. The van der Waals surface area contributed by atoms with Gasteiger partial charge in [0.05, 0.1) is 31.6 Å². The second kappa shape index (κ2) is 7.20. The number of rotatable bonds is 5. The fraction of sp³-hybridized carbons (Fsp3) is 0.167. The summed E-state index contributed by atoms with van der Waals surface area (Å²) in [6.07, 6.45) is 2.27. The van der Waals surface area contributed by atoms with Crippen LogP contribution in [-0.2, 0) is 10.0 Å². The topological polar surface area (TPSA) is 98.7 Å². The molecule has 0 radical (unpaired) electrons. The molecular weight excluding hydrogens is 370 g/mol. The molecule has 0 N–H and O–H groups in total. The number of benzene rings is 1. The molecule has 3 aromatic rings. The predicted octanol–water partition coefficient (Wildman–Crippen LogP) is 2.25. The van der Waals surface area contributed by atoms with Crippen LogP contribution in [0.25, 0.3) is 10.9 Å². The van der Waals surface area contributed by atoms with Gasteiger partial charge in [-0.2, -0.15) is 9.29 Å². The van der Waals surface area contributed by atoms with Gasteiger partial charge in [0.15, 0.2) is 0 Å². The molecule has 8 nitrogen and oxygen atoms in total. The number of hydrogen-bond donors (Lipinski definition) is 0. The zero-order valence-corrected chi connectivity index (χ0v) is 15.7. The molecule has 9 heteroatoms. The molecule has 2 heterocycles. The van der Waals surface area contributed by atoms with E-state index in [1.807, 2.05) is 12.1 Å². The molecule has 0 saturated carbocycles. The molecule has 27 heavy (non-hydrogen) atoms. The Morgan fingerprint density at radius 1 is 1.07 bits per heavy atom.